The number of benzene rings is 2. The number of ketones is 1. The summed E-state index contributed by atoms with van der Waals surface area (Å²) in [6.07, 6.45) is 0. The van der Waals surface area contributed by atoms with Gasteiger partial charge in [-0.3, -0.25) is 24.6 Å². The largest absolute Gasteiger partial charge is 0.507 e. The lowest BCUT2D eigenvalue weighted by Gasteiger charge is -2.22. The van der Waals surface area contributed by atoms with Crippen LogP contribution in [-0.4, -0.2) is 39.3 Å². The second-order valence-corrected chi connectivity index (χ2v) is 8.49. The second kappa shape index (κ2) is 9.47. The molecule has 178 valence electrons. The highest BCUT2D eigenvalue weighted by Crippen LogP contribution is 2.44. The number of carbonyl (C=O) groups is 3. The molecule has 1 N–H and O–H groups in total. The third-order valence-corrected chi connectivity index (χ3v) is 6.50. The number of nitrogens with zero attached hydrogens (tertiary/aromatic N) is 3. The van der Waals surface area contributed by atoms with Crippen LogP contribution in [0.15, 0.2) is 60.2 Å². The van der Waals surface area contributed by atoms with Crippen LogP contribution in [0, 0.1) is 17.0 Å². The maximum atomic E-state index is 13.2. The summed E-state index contributed by atoms with van der Waals surface area (Å²) in [5.74, 6) is -2.90. The van der Waals surface area contributed by atoms with E-state index in [1.807, 2.05) is 0 Å². The van der Waals surface area contributed by atoms with E-state index in [2.05, 4.69) is 4.98 Å². The molecular weight excluding hydrogens is 474 g/mol. The average Bonchev–Trinajstić information content (AvgIpc) is 3.36. The van der Waals surface area contributed by atoms with Gasteiger partial charge in [-0.15, -0.1) is 0 Å². The van der Waals surface area contributed by atoms with E-state index in [1.165, 1.54) is 24.3 Å². The van der Waals surface area contributed by atoms with Crippen molar-refractivity contribution in [1.29, 1.82) is 0 Å². The molecule has 2 aromatic carbocycles. The third-order valence-electron chi connectivity index (χ3n) is 5.36. The first-order valence-corrected chi connectivity index (χ1v) is 11.3. The highest BCUT2D eigenvalue weighted by atomic mass is 32.1. The number of thiazole rings is 1. The van der Waals surface area contributed by atoms with Gasteiger partial charge in [-0.2, -0.15) is 0 Å². The third kappa shape index (κ3) is 4.28. The van der Waals surface area contributed by atoms with Gasteiger partial charge < -0.3 is 9.84 Å². The first-order chi connectivity index (χ1) is 16.7. The van der Waals surface area contributed by atoms with E-state index >= 15 is 0 Å². The van der Waals surface area contributed by atoms with E-state index in [9.17, 15) is 29.6 Å². The predicted molar refractivity (Wildman–Crippen MR) is 127 cm³/mol. The number of nitro groups is 1. The highest BCUT2D eigenvalue weighted by Gasteiger charge is 2.48. The van der Waals surface area contributed by atoms with Crippen molar-refractivity contribution in [3.05, 3.63) is 92.0 Å². The zero-order valence-corrected chi connectivity index (χ0v) is 19.4. The normalized spacial score (nSPS) is 17.0. The van der Waals surface area contributed by atoms with E-state index < -0.39 is 34.4 Å². The fraction of sp³-hybridized carbons (Fsp3) is 0.167. The van der Waals surface area contributed by atoms with Crippen molar-refractivity contribution in [2.75, 3.05) is 11.5 Å². The lowest BCUT2D eigenvalue weighted by molar-refractivity contribution is -0.384. The minimum atomic E-state index is -1.13. The SMILES string of the molecule is CCOC(=O)c1sc(N2C(=O)C(=O)C(=C(O)c3ccccc3)C2c2ccc([N+](=O)[O-])cc2)nc1C. The standard InChI is InChI=1S/C24H19N3O7S/c1-3-34-23(31)21-13(2)25-24(35-21)26-18(14-9-11-16(12-10-14)27(32)33)17(20(29)22(26)30)19(28)15-7-5-4-6-8-15/h4-12,18,28H,3H2,1-2H3. The van der Waals surface area contributed by atoms with Crippen molar-refractivity contribution >= 4 is 45.6 Å². The number of rotatable bonds is 6. The number of hydrogen-bond acceptors (Lipinski definition) is 9. The van der Waals surface area contributed by atoms with Gasteiger partial charge in [0, 0.05) is 17.7 Å². The first kappa shape index (κ1) is 23.8. The number of esters is 1. The molecule has 1 aliphatic heterocycles. The first-order valence-electron chi connectivity index (χ1n) is 10.5. The Labute approximate surface area is 203 Å². The predicted octanol–water partition coefficient (Wildman–Crippen LogP) is 4.16. The number of aliphatic hydroxyl groups is 1. The van der Waals surface area contributed by atoms with Crippen LogP contribution < -0.4 is 4.90 Å². The number of anilines is 1. The Morgan fingerprint density at radius 3 is 2.43 bits per heavy atom. The van der Waals surface area contributed by atoms with Crippen LogP contribution >= 0.6 is 11.3 Å². The number of Topliss-reactive ketones (excluding diaryl/α,β-unsaturated/α-hetero) is 1. The smallest absolute Gasteiger partial charge is 0.350 e. The lowest BCUT2D eigenvalue weighted by atomic mass is 9.95. The molecule has 1 atom stereocenters. The van der Waals surface area contributed by atoms with Crippen LogP contribution in [0.1, 0.15) is 39.5 Å². The zero-order chi connectivity index (χ0) is 25.3. The van der Waals surface area contributed by atoms with Crippen LogP contribution in [-0.2, 0) is 14.3 Å². The number of aromatic nitrogens is 1. The molecule has 2 heterocycles. The molecule has 1 saturated heterocycles. The van der Waals surface area contributed by atoms with Crippen molar-refractivity contribution < 1.29 is 29.2 Å². The summed E-state index contributed by atoms with van der Waals surface area (Å²) in [7, 11) is 0. The minimum absolute atomic E-state index is 0.0584. The Morgan fingerprint density at radius 1 is 1.17 bits per heavy atom. The summed E-state index contributed by atoms with van der Waals surface area (Å²) in [5, 5.41) is 22.2. The summed E-state index contributed by atoms with van der Waals surface area (Å²) in [6, 6.07) is 12.4. The molecule has 1 amide bonds. The number of ether oxygens (including phenoxy) is 1. The molecule has 0 aliphatic carbocycles. The van der Waals surface area contributed by atoms with E-state index in [4.69, 9.17) is 4.74 Å². The van der Waals surface area contributed by atoms with E-state index in [-0.39, 0.29) is 27.9 Å². The van der Waals surface area contributed by atoms with Crippen molar-refractivity contribution in [3.63, 3.8) is 0 Å². The molecule has 1 unspecified atom stereocenters. The Hall–Kier alpha value is -4.38. The van der Waals surface area contributed by atoms with Crippen molar-refractivity contribution in [2.45, 2.75) is 19.9 Å². The maximum absolute atomic E-state index is 13.2. The highest BCUT2D eigenvalue weighted by molar-refractivity contribution is 7.17. The lowest BCUT2D eigenvalue weighted by Crippen LogP contribution is -2.29. The second-order valence-electron chi connectivity index (χ2n) is 7.52. The van der Waals surface area contributed by atoms with Gasteiger partial charge in [-0.1, -0.05) is 41.7 Å². The van der Waals surface area contributed by atoms with Crippen LogP contribution in [0.2, 0.25) is 0 Å². The van der Waals surface area contributed by atoms with Gasteiger partial charge in [0.1, 0.15) is 10.6 Å². The summed E-state index contributed by atoms with van der Waals surface area (Å²) >= 11 is 0.881. The van der Waals surface area contributed by atoms with Crippen LogP contribution in [0.3, 0.4) is 0 Å². The summed E-state index contributed by atoms with van der Waals surface area (Å²) in [5.41, 5.74) is 0.609. The number of amides is 1. The van der Waals surface area contributed by atoms with Crippen LogP contribution in [0.5, 0.6) is 0 Å². The maximum Gasteiger partial charge on any atom is 0.350 e. The van der Waals surface area contributed by atoms with E-state index in [1.54, 1.807) is 44.2 Å². The van der Waals surface area contributed by atoms with E-state index in [0.29, 0.717) is 16.8 Å². The minimum Gasteiger partial charge on any atom is -0.507 e. The number of aryl methyl sites for hydroxylation is 1. The summed E-state index contributed by atoms with van der Waals surface area (Å²) < 4.78 is 5.04. The molecule has 11 heteroatoms. The van der Waals surface area contributed by atoms with Gasteiger partial charge in [0.2, 0.25) is 0 Å². The molecule has 1 aromatic heterocycles. The fourth-order valence-corrected chi connectivity index (χ4v) is 4.73. The number of aliphatic hydroxyl groups excluding tert-OH is 1. The topological polar surface area (TPSA) is 140 Å². The summed E-state index contributed by atoms with van der Waals surface area (Å²) in [4.78, 5) is 54.8. The molecule has 3 aromatic rings. The van der Waals surface area contributed by atoms with Gasteiger partial charge in [0.25, 0.3) is 11.5 Å². The Morgan fingerprint density at radius 2 is 1.83 bits per heavy atom. The number of non-ortho nitro benzene ring substituents is 1. The van der Waals surface area contributed by atoms with Crippen molar-refractivity contribution in [2.24, 2.45) is 0 Å². The number of carbonyl (C=O) groups excluding carboxylic acids is 3. The zero-order valence-electron chi connectivity index (χ0n) is 18.6. The Kier molecular flexibility index (Phi) is 6.43. The molecule has 35 heavy (non-hydrogen) atoms. The molecule has 10 nitrogen and oxygen atoms in total. The average molecular weight is 493 g/mol. The van der Waals surface area contributed by atoms with Crippen LogP contribution in [0.4, 0.5) is 10.8 Å². The van der Waals surface area contributed by atoms with Crippen LogP contribution in [0.25, 0.3) is 5.76 Å². The number of hydrogen-bond donors (Lipinski definition) is 1. The Balaban J connectivity index is 1.91. The van der Waals surface area contributed by atoms with Gasteiger partial charge in [-0.25, -0.2) is 9.78 Å². The van der Waals surface area contributed by atoms with Gasteiger partial charge in [0.05, 0.1) is 28.8 Å². The quantitative estimate of drug-likeness (QED) is 0.135. The molecule has 0 radical (unpaired) electrons. The van der Waals surface area contributed by atoms with Gasteiger partial charge >= 0.3 is 11.9 Å². The van der Waals surface area contributed by atoms with Crippen molar-refractivity contribution in [3.8, 4) is 0 Å². The molecule has 0 saturated carbocycles. The molecule has 0 spiro atoms. The molecule has 1 aliphatic rings. The van der Waals surface area contributed by atoms with Crippen molar-refractivity contribution in [1.82, 2.24) is 4.98 Å². The number of nitro benzene ring substituents is 1. The monoisotopic (exact) mass is 493 g/mol. The van der Waals surface area contributed by atoms with Gasteiger partial charge in [-0.05, 0) is 31.5 Å². The molecule has 0 bridgehead atoms. The van der Waals surface area contributed by atoms with Gasteiger partial charge in [0.15, 0.2) is 5.13 Å². The van der Waals surface area contributed by atoms with E-state index in [0.717, 1.165) is 16.2 Å². The fourth-order valence-electron chi connectivity index (χ4n) is 3.75. The Bertz CT molecular complexity index is 1360. The molecule has 1 fully saturated rings. The summed E-state index contributed by atoms with van der Waals surface area (Å²) in [6.45, 7) is 3.38. The molecular formula is C24H19N3O7S. The molecule has 4 rings (SSSR count).